The summed E-state index contributed by atoms with van der Waals surface area (Å²) < 4.78 is 1.59. The van der Waals surface area contributed by atoms with Crippen LogP contribution in [0.5, 0.6) is 0 Å². The Kier molecular flexibility index (Phi) is 5.36. The van der Waals surface area contributed by atoms with E-state index in [0.717, 1.165) is 9.35 Å². The van der Waals surface area contributed by atoms with Crippen molar-refractivity contribution in [1.82, 2.24) is 5.32 Å². The molecule has 0 unspecified atom stereocenters. The first-order valence-corrected chi connectivity index (χ1v) is 6.05. The zero-order valence-electron chi connectivity index (χ0n) is 7.33. The monoisotopic (exact) mass is 299 g/mol. The van der Waals surface area contributed by atoms with Crippen LogP contribution in [0.1, 0.15) is 4.88 Å². The molecular weight excluding hydrogens is 290 g/mol. The summed E-state index contributed by atoms with van der Waals surface area (Å²) in [6.07, 6.45) is 0. The van der Waals surface area contributed by atoms with E-state index in [0.29, 0.717) is 10.9 Å². The summed E-state index contributed by atoms with van der Waals surface area (Å²) in [6.45, 7) is 0.454. The van der Waals surface area contributed by atoms with Crippen LogP contribution in [0.15, 0.2) is 10.5 Å². The van der Waals surface area contributed by atoms with Crippen LogP contribution in [-0.4, -0.2) is 29.5 Å². The van der Waals surface area contributed by atoms with Gasteiger partial charge in [0.1, 0.15) is 4.34 Å². The molecule has 0 amide bonds. The molecule has 0 aliphatic rings. The van der Waals surface area contributed by atoms with Gasteiger partial charge in [-0.3, -0.25) is 0 Å². The SMILES string of the molecule is OCC(CO)NCc1cc(Br)c(Cl)s1. The molecule has 0 bridgehead atoms. The summed E-state index contributed by atoms with van der Waals surface area (Å²) >= 11 is 10.6. The summed E-state index contributed by atoms with van der Waals surface area (Å²) in [7, 11) is 0. The van der Waals surface area contributed by atoms with Crippen molar-refractivity contribution in [3.05, 3.63) is 19.8 Å². The molecule has 3 nitrogen and oxygen atoms in total. The Morgan fingerprint density at radius 3 is 2.57 bits per heavy atom. The first-order chi connectivity index (χ1) is 6.67. The Morgan fingerprint density at radius 1 is 1.50 bits per heavy atom. The topological polar surface area (TPSA) is 52.5 Å². The van der Waals surface area contributed by atoms with Crippen molar-refractivity contribution >= 4 is 38.9 Å². The number of rotatable bonds is 5. The Hall–Kier alpha value is 0.350. The molecule has 14 heavy (non-hydrogen) atoms. The average molecular weight is 301 g/mol. The smallest absolute Gasteiger partial charge is 0.107 e. The van der Waals surface area contributed by atoms with Crippen LogP contribution in [0, 0.1) is 0 Å². The third kappa shape index (κ3) is 3.49. The van der Waals surface area contributed by atoms with Gasteiger partial charge in [0, 0.05) is 15.9 Å². The first-order valence-electron chi connectivity index (χ1n) is 4.06. The van der Waals surface area contributed by atoms with Crippen LogP contribution in [0.2, 0.25) is 4.34 Å². The van der Waals surface area contributed by atoms with E-state index in [2.05, 4.69) is 21.2 Å². The lowest BCUT2D eigenvalue weighted by Crippen LogP contribution is -2.34. The highest BCUT2D eigenvalue weighted by Gasteiger charge is 2.07. The van der Waals surface area contributed by atoms with E-state index in [1.165, 1.54) is 11.3 Å². The van der Waals surface area contributed by atoms with E-state index < -0.39 is 0 Å². The van der Waals surface area contributed by atoms with E-state index in [1.807, 2.05) is 6.07 Å². The fourth-order valence-electron chi connectivity index (χ4n) is 0.910. The fourth-order valence-corrected chi connectivity index (χ4v) is 2.65. The van der Waals surface area contributed by atoms with Crippen molar-refractivity contribution in [1.29, 1.82) is 0 Å². The van der Waals surface area contributed by atoms with Crippen molar-refractivity contribution in [2.75, 3.05) is 13.2 Å². The molecular formula is C8H11BrClNO2S. The van der Waals surface area contributed by atoms with Crippen LogP contribution >= 0.6 is 38.9 Å². The second kappa shape index (κ2) is 6.05. The number of hydrogen-bond acceptors (Lipinski definition) is 4. The molecule has 6 heteroatoms. The van der Waals surface area contributed by atoms with E-state index in [4.69, 9.17) is 21.8 Å². The van der Waals surface area contributed by atoms with Gasteiger partial charge < -0.3 is 15.5 Å². The van der Waals surface area contributed by atoms with Gasteiger partial charge in [-0.25, -0.2) is 0 Å². The van der Waals surface area contributed by atoms with E-state index in [-0.39, 0.29) is 19.3 Å². The van der Waals surface area contributed by atoms with Gasteiger partial charge in [0.05, 0.1) is 19.3 Å². The lowest BCUT2D eigenvalue weighted by atomic mass is 10.3. The van der Waals surface area contributed by atoms with Crippen LogP contribution < -0.4 is 5.32 Å². The fraction of sp³-hybridized carbons (Fsp3) is 0.500. The number of thiophene rings is 1. The van der Waals surface area contributed by atoms with E-state index >= 15 is 0 Å². The minimum absolute atomic E-state index is 0.0726. The molecule has 1 aromatic rings. The van der Waals surface area contributed by atoms with Crippen molar-refractivity contribution in [2.24, 2.45) is 0 Å². The number of aliphatic hydroxyl groups is 2. The van der Waals surface area contributed by atoms with Gasteiger partial charge in [-0.05, 0) is 22.0 Å². The number of hydrogen-bond donors (Lipinski definition) is 3. The summed E-state index contributed by atoms with van der Waals surface area (Å²) in [5, 5.41) is 20.6. The summed E-state index contributed by atoms with van der Waals surface area (Å²) in [5.41, 5.74) is 0. The molecule has 0 radical (unpaired) electrons. The Morgan fingerprint density at radius 2 is 2.14 bits per heavy atom. The molecule has 0 aliphatic carbocycles. The van der Waals surface area contributed by atoms with Crippen LogP contribution in [0.25, 0.3) is 0 Å². The van der Waals surface area contributed by atoms with Crippen molar-refractivity contribution < 1.29 is 10.2 Å². The molecule has 0 saturated carbocycles. The van der Waals surface area contributed by atoms with Crippen molar-refractivity contribution in [3.63, 3.8) is 0 Å². The van der Waals surface area contributed by atoms with Gasteiger partial charge in [-0.1, -0.05) is 11.6 Å². The van der Waals surface area contributed by atoms with Crippen LogP contribution in [0.4, 0.5) is 0 Å². The standard InChI is InChI=1S/C8H11BrClNO2S/c9-7-1-6(14-8(7)10)2-11-5(3-12)4-13/h1,5,11-13H,2-4H2. The van der Waals surface area contributed by atoms with E-state index in [9.17, 15) is 0 Å². The minimum Gasteiger partial charge on any atom is -0.395 e. The largest absolute Gasteiger partial charge is 0.395 e. The van der Waals surface area contributed by atoms with Gasteiger partial charge >= 0.3 is 0 Å². The summed E-state index contributed by atoms with van der Waals surface area (Å²) in [4.78, 5) is 1.06. The van der Waals surface area contributed by atoms with Crippen LogP contribution in [-0.2, 0) is 6.54 Å². The molecule has 0 saturated heterocycles. The third-order valence-electron chi connectivity index (χ3n) is 1.70. The van der Waals surface area contributed by atoms with E-state index in [1.54, 1.807) is 0 Å². The molecule has 0 aromatic carbocycles. The minimum atomic E-state index is -0.269. The lowest BCUT2D eigenvalue weighted by molar-refractivity contribution is 0.170. The molecule has 0 atom stereocenters. The normalized spacial score (nSPS) is 11.2. The molecule has 0 aliphatic heterocycles. The second-order valence-electron chi connectivity index (χ2n) is 2.78. The predicted molar refractivity (Wildman–Crippen MR) is 61.8 cm³/mol. The Labute approximate surface area is 99.8 Å². The zero-order chi connectivity index (χ0) is 10.6. The van der Waals surface area contributed by atoms with Crippen molar-refractivity contribution in [2.45, 2.75) is 12.6 Å². The highest BCUT2D eigenvalue weighted by atomic mass is 79.9. The average Bonchev–Trinajstić information content (AvgIpc) is 2.48. The highest BCUT2D eigenvalue weighted by Crippen LogP contribution is 2.31. The van der Waals surface area contributed by atoms with Gasteiger partial charge in [0.25, 0.3) is 0 Å². The maximum absolute atomic E-state index is 8.81. The lowest BCUT2D eigenvalue weighted by Gasteiger charge is -2.11. The molecule has 0 fully saturated rings. The maximum Gasteiger partial charge on any atom is 0.107 e. The van der Waals surface area contributed by atoms with Gasteiger partial charge in [-0.2, -0.15) is 0 Å². The van der Waals surface area contributed by atoms with Gasteiger partial charge in [0.15, 0.2) is 0 Å². The molecule has 3 N–H and O–H groups in total. The quantitative estimate of drug-likeness (QED) is 0.774. The summed E-state index contributed by atoms with van der Waals surface area (Å²) in [5.74, 6) is 0. The maximum atomic E-state index is 8.81. The number of halogens is 2. The first kappa shape index (κ1) is 12.4. The van der Waals surface area contributed by atoms with Gasteiger partial charge in [0.2, 0.25) is 0 Å². The molecule has 80 valence electrons. The molecule has 1 heterocycles. The summed E-state index contributed by atoms with van der Waals surface area (Å²) in [6, 6.07) is 1.65. The molecule has 1 rings (SSSR count). The second-order valence-corrected chi connectivity index (χ2v) is 5.37. The third-order valence-corrected chi connectivity index (χ3v) is 4.18. The predicted octanol–water partition coefficient (Wildman–Crippen LogP) is 1.61. The number of aliphatic hydroxyl groups excluding tert-OH is 2. The molecule has 1 aromatic heterocycles. The molecule has 0 spiro atoms. The Bertz CT molecular complexity index is 271. The van der Waals surface area contributed by atoms with Crippen LogP contribution in [0.3, 0.4) is 0 Å². The zero-order valence-corrected chi connectivity index (χ0v) is 10.5. The highest BCUT2D eigenvalue weighted by molar-refractivity contribution is 9.10. The Balaban J connectivity index is 2.45. The van der Waals surface area contributed by atoms with Gasteiger partial charge in [-0.15, -0.1) is 11.3 Å². The number of nitrogens with one attached hydrogen (secondary N) is 1. The van der Waals surface area contributed by atoms with Crippen molar-refractivity contribution in [3.8, 4) is 0 Å².